The van der Waals surface area contributed by atoms with Crippen molar-refractivity contribution < 1.29 is 4.74 Å². The van der Waals surface area contributed by atoms with E-state index in [9.17, 15) is 0 Å². The molecule has 2 aromatic rings. The lowest BCUT2D eigenvalue weighted by Gasteiger charge is -2.16. The highest BCUT2D eigenvalue weighted by molar-refractivity contribution is 9.10. The fourth-order valence-corrected chi connectivity index (χ4v) is 2.29. The van der Waals surface area contributed by atoms with Crippen molar-refractivity contribution in [1.29, 1.82) is 0 Å². The third-order valence-electron chi connectivity index (χ3n) is 2.65. The molecule has 0 amide bonds. The van der Waals surface area contributed by atoms with Gasteiger partial charge in [-0.15, -0.1) is 0 Å². The average Bonchev–Trinajstić information content (AvgIpc) is 2.39. The first-order chi connectivity index (χ1) is 9.49. The van der Waals surface area contributed by atoms with Gasteiger partial charge in [-0.1, -0.05) is 23.7 Å². The number of anilines is 3. The van der Waals surface area contributed by atoms with Crippen LogP contribution in [0.4, 0.5) is 17.1 Å². The summed E-state index contributed by atoms with van der Waals surface area (Å²) in [6.07, 6.45) is 0.0745. The third kappa shape index (κ3) is 3.38. The number of nitrogens with two attached hydrogens (primary N) is 1. The Morgan fingerprint density at radius 2 is 1.80 bits per heavy atom. The number of nitrogen functional groups attached to an aromatic ring is 1. The molecule has 0 atom stereocenters. The van der Waals surface area contributed by atoms with Crippen LogP contribution in [0, 0.1) is 0 Å². The number of ether oxygens (including phenoxy) is 1. The minimum atomic E-state index is 0.0745. The van der Waals surface area contributed by atoms with Crippen molar-refractivity contribution in [3.05, 3.63) is 45.9 Å². The molecule has 106 valence electrons. The number of para-hydroxylation sites is 1. The zero-order valence-electron chi connectivity index (χ0n) is 11.3. The van der Waals surface area contributed by atoms with E-state index in [1.165, 1.54) is 0 Å². The van der Waals surface area contributed by atoms with E-state index in [4.69, 9.17) is 22.1 Å². The van der Waals surface area contributed by atoms with Crippen LogP contribution in [0.3, 0.4) is 0 Å². The van der Waals surface area contributed by atoms with Crippen molar-refractivity contribution in [2.24, 2.45) is 0 Å². The molecule has 3 nitrogen and oxygen atoms in total. The summed E-state index contributed by atoms with van der Waals surface area (Å²) >= 11 is 9.53. The van der Waals surface area contributed by atoms with E-state index in [0.717, 1.165) is 15.8 Å². The van der Waals surface area contributed by atoms with E-state index in [-0.39, 0.29) is 6.10 Å². The van der Waals surface area contributed by atoms with Crippen molar-refractivity contribution in [3.8, 4) is 5.75 Å². The van der Waals surface area contributed by atoms with Gasteiger partial charge in [-0.05, 0) is 54.0 Å². The van der Waals surface area contributed by atoms with Crippen LogP contribution in [0.25, 0.3) is 0 Å². The molecule has 3 N–H and O–H groups in total. The minimum Gasteiger partial charge on any atom is -0.489 e. The van der Waals surface area contributed by atoms with E-state index >= 15 is 0 Å². The molecule has 0 fully saturated rings. The number of rotatable bonds is 4. The zero-order chi connectivity index (χ0) is 14.7. The summed E-state index contributed by atoms with van der Waals surface area (Å²) in [6, 6.07) is 11.3. The van der Waals surface area contributed by atoms with Crippen LogP contribution in [0.2, 0.25) is 5.02 Å². The van der Waals surface area contributed by atoms with Gasteiger partial charge in [0.1, 0.15) is 5.75 Å². The van der Waals surface area contributed by atoms with Crippen LogP contribution in [0.5, 0.6) is 5.75 Å². The van der Waals surface area contributed by atoms with Crippen molar-refractivity contribution in [3.63, 3.8) is 0 Å². The monoisotopic (exact) mass is 354 g/mol. The third-order valence-corrected chi connectivity index (χ3v) is 4.05. The first kappa shape index (κ1) is 15.0. The Hall–Kier alpha value is -1.39. The van der Waals surface area contributed by atoms with Crippen LogP contribution in [-0.2, 0) is 0 Å². The highest BCUT2D eigenvalue weighted by Gasteiger charge is 2.10. The predicted molar refractivity (Wildman–Crippen MR) is 89.1 cm³/mol. The van der Waals surface area contributed by atoms with Gasteiger partial charge < -0.3 is 15.8 Å². The van der Waals surface area contributed by atoms with E-state index < -0.39 is 0 Å². The molecule has 0 heterocycles. The highest BCUT2D eigenvalue weighted by Crippen LogP contribution is 2.36. The lowest BCUT2D eigenvalue weighted by Crippen LogP contribution is -2.08. The van der Waals surface area contributed by atoms with Gasteiger partial charge in [-0.25, -0.2) is 0 Å². The molecular weight excluding hydrogens is 340 g/mol. The molecule has 0 saturated carbocycles. The average molecular weight is 356 g/mol. The Bertz CT molecular complexity index is 617. The summed E-state index contributed by atoms with van der Waals surface area (Å²) in [5, 5.41) is 3.90. The number of halogens is 2. The minimum absolute atomic E-state index is 0.0745. The maximum Gasteiger partial charge on any atom is 0.144 e. The predicted octanol–water partition coefficient (Wildman–Crippen LogP) is 5.22. The maximum atomic E-state index is 6.13. The summed E-state index contributed by atoms with van der Waals surface area (Å²) in [4.78, 5) is 0. The Kier molecular flexibility index (Phi) is 4.78. The summed E-state index contributed by atoms with van der Waals surface area (Å²) < 4.78 is 6.48. The molecule has 0 aliphatic carbocycles. The van der Waals surface area contributed by atoms with Crippen LogP contribution < -0.4 is 15.8 Å². The second-order valence-electron chi connectivity index (χ2n) is 4.61. The SMILES string of the molecule is CC(C)Oc1cccc(Nc2cccc(Cl)c2Br)c1N. The topological polar surface area (TPSA) is 47.3 Å². The second kappa shape index (κ2) is 6.37. The van der Waals surface area contributed by atoms with E-state index in [2.05, 4.69) is 21.2 Å². The molecule has 20 heavy (non-hydrogen) atoms. The van der Waals surface area contributed by atoms with Crippen molar-refractivity contribution >= 4 is 44.6 Å². The molecule has 0 aromatic heterocycles. The van der Waals surface area contributed by atoms with Crippen LogP contribution in [-0.4, -0.2) is 6.10 Å². The molecule has 0 radical (unpaired) electrons. The van der Waals surface area contributed by atoms with Crippen LogP contribution in [0.1, 0.15) is 13.8 Å². The van der Waals surface area contributed by atoms with E-state index in [0.29, 0.717) is 16.5 Å². The number of hydrogen-bond acceptors (Lipinski definition) is 3. The smallest absolute Gasteiger partial charge is 0.144 e. The first-order valence-corrected chi connectivity index (χ1v) is 7.42. The van der Waals surface area contributed by atoms with Crippen LogP contribution in [0.15, 0.2) is 40.9 Å². The van der Waals surface area contributed by atoms with Crippen molar-refractivity contribution in [2.75, 3.05) is 11.1 Å². The molecule has 0 aliphatic rings. The zero-order valence-corrected chi connectivity index (χ0v) is 13.6. The summed E-state index contributed by atoms with van der Waals surface area (Å²) in [5.74, 6) is 0.670. The van der Waals surface area contributed by atoms with Gasteiger partial charge in [0.25, 0.3) is 0 Å². The fraction of sp³-hybridized carbons (Fsp3) is 0.200. The normalized spacial score (nSPS) is 10.7. The van der Waals surface area contributed by atoms with Gasteiger partial charge in [0.05, 0.1) is 32.7 Å². The lowest BCUT2D eigenvalue weighted by atomic mass is 10.2. The lowest BCUT2D eigenvalue weighted by molar-refractivity contribution is 0.244. The Balaban J connectivity index is 2.32. The molecule has 5 heteroatoms. The molecule has 0 bridgehead atoms. The molecular formula is C15H16BrClN2O. The van der Waals surface area contributed by atoms with Gasteiger partial charge in [0.2, 0.25) is 0 Å². The first-order valence-electron chi connectivity index (χ1n) is 6.25. The van der Waals surface area contributed by atoms with Gasteiger partial charge >= 0.3 is 0 Å². The Labute approximate surface area is 132 Å². The van der Waals surface area contributed by atoms with Gasteiger partial charge in [-0.2, -0.15) is 0 Å². The van der Waals surface area contributed by atoms with Gasteiger partial charge in [-0.3, -0.25) is 0 Å². The Morgan fingerprint density at radius 1 is 1.15 bits per heavy atom. The number of nitrogens with one attached hydrogen (secondary N) is 1. The largest absolute Gasteiger partial charge is 0.489 e. The molecule has 0 aliphatic heterocycles. The molecule has 0 saturated heterocycles. The second-order valence-corrected chi connectivity index (χ2v) is 5.81. The van der Waals surface area contributed by atoms with E-state index in [1.54, 1.807) is 0 Å². The quantitative estimate of drug-likeness (QED) is 0.740. The Morgan fingerprint density at radius 3 is 2.50 bits per heavy atom. The summed E-state index contributed by atoms with van der Waals surface area (Å²) in [7, 11) is 0. The van der Waals surface area contributed by atoms with Crippen molar-refractivity contribution in [1.82, 2.24) is 0 Å². The number of benzene rings is 2. The molecule has 2 aromatic carbocycles. The van der Waals surface area contributed by atoms with Crippen molar-refractivity contribution in [2.45, 2.75) is 20.0 Å². The highest BCUT2D eigenvalue weighted by atomic mass is 79.9. The number of hydrogen-bond donors (Lipinski definition) is 2. The van der Waals surface area contributed by atoms with Crippen LogP contribution >= 0.6 is 27.5 Å². The standard InChI is InChI=1S/C15H16BrClN2O/c1-9(2)20-13-8-4-7-12(15(13)18)19-11-6-3-5-10(17)14(11)16/h3-9,19H,18H2,1-2H3. The molecule has 2 rings (SSSR count). The van der Waals surface area contributed by atoms with Gasteiger partial charge in [0.15, 0.2) is 0 Å². The van der Waals surface area contributed by atoms with E-state index in [1.807, 2.05) is 50.2 Å². The summed E-state index contributed by atoms with van der Waals surface area (Å²) in [6.45, 7) is 3.93. The summed E-state index contributed by atoms with van der Waals surface area (Å²) in [5.41, 5.74) is 8.34. The maximum absolute atomic E-state index is 6.13. The molecule has 0 spiro atoms. The molecule has 0 unspecified atom stereocenters. The van der Waals surface area contributed by atoms with Gasteiger partial charge in [0, 0.05) is 0 Å². The fourth-order valence-electron chi connectivity index (χ4n) is 1.76.